The lowest BCUT2D eigenvalue weighted by atomic mass is 10.2. The number of rotatable bonds is 3. The highest BCUT2D eigenvalue weighted by Crippen LogP contribution is 2.23. The van der Waals surface area contributed by atoms with Crippen molar-refractivity contribution in [3.63, 3.8) is 0 Å². The Morgan fingerprint density at radius 1 is 1.42 bits per heavy atom. The van der Waals surface area contributed by atoms with E-state index in [9.17, 15) is 8.42 Å². The Hall–Kier alpha value is -0.430. The van der Waals surface area contributed by atoms with Gasteiger partial charge in [0.15, 0.2) is 0 Å². The summed E-state index contributed by atoms with van der Waals surface area (Å²) in [5.74, 6) is 0.0634. The van der Waals surface area contributed by atoms with Crippen molar-refractivity contribution in [2.75, 3.05) is 19.0 Å². The summed E-state index contributed by atoms with van der Waals surface area (Å²) in [5, 5.41) is 0. The van der Waals surface area contributed by atoms with Gasteiger partial charge in [0, 0.05) is 17.1 Å². The molecule has 1 aromatic rings. The lowest BCUT2D eigenvalue weighted by Gasteiger charge is -2.27. The predicted molar refractivity (Wildman–Crippen MR) is 78.4 cm³/mol. The van der Waals surface area contributed by atoms with E-state index in [-0.39, 0.29) is 18.4 Å². The van der Waals surface area contributed by atoms with Crippen molar-refractivity contribution in [3.05, 3.63) is 34.3 Å². The van der Waals surface area contributed by atoms with E-state index >= 15 is 0 Å². The third-order valence-corrected chi connectivity index (χ3v) is 5.91. The summed E-state index contributed by atoms with van der Waals surface area (Å²) in [6.45, 7) is 3.14. The molecular formula is C13H18BrNO3S. The van der Waals surface area contributed by atoms with Gasteiger partial charge in [-0.1, -0.05) is 41.1 Å². The minimum Gasteiger partial charge on any atom is -0.379 e. The lowest BCUT2D eigenvalue weighted by Crippen LogP contribution is -2.41. The van der Waals surface area contributed by atoms with Crippen LogP contribution in [0.2, 0.25) is 0 Å². The summed E-state index contributed by atoms with van der Waals surface area (Å²) >= 11 is 3.47. The molecule has 0 radical (unpaired) electrons. The van der Waals surface area contributed by atoms with E-state index in [1.165, 1.54) is 0 Å². The average molecular weight is 348 g/mol. The van der Waals surface area contributed by atoms with E-state index in [0.717, 1.165) is 16.5 Å². The van der Waals surface area contributed by atoms with E-state index in [0.29, 0.717) is 13.2 Å². The van der Waals surface area contributed by atoms with Crippen LogP contribution in [-0.2, 0) is 21.3 Å². The fourth-order valence-corrected chi connectivity index (χ4v) is 4.13. The maximum Gasteiger partial charge on any atom is 0.217 e. The van der Waals surface area contributed by atoms with E-state index in [4.69, 9.17) is 4.74 Å². The van der Waals surface area contributed by atoms with Gasteiger partial charge in [-0.05, 0) is 18.1 Å². The number of hydrogen-bond donors (Lipinski definition) is 0. The SMILES string of the molecule is CCC1COCCS(=O)(=O)N1Cc1ccccc1Br. The first kappa shape index (κ1) is 15.0. The Kier molecular flexibility index (Phi) is 5.00. The van der Waals surface area contributed by atoms with Crippen LogP contribution in [0.15, 0.2) is 28.7 Å². The van der Waals surface area contributed by atoms with Gasteiger partial charge in [0.2, 0.25) is 10.0 Å². The van der Waals surface area contributed by atoms with Gasteiger partial charge < -0.3 is 4.74 Å². The molecule has 1 aliphatic rings. The van der Waals surface area contributed by atoms with Crippen LogP contribution in [-0.4, -0.2) is 37.7 Å². The molecule has 106 valence electrons. The second-order valence-electron chi connectivity index (χ2n) is 4.59. The molecule has 1 heterocycles. The lowest BCUT2D eigenvalue weighted by molar-refractivity contribution is 0.108. The van der Waals surface area contributed by atoms with Gasteiger partial charge in [-0.25, -0.2) is 8.42 Å². The van der Waals surface area contributed by atoms with Crippen molar-refractivity contribution in [2.24, 2.45) is 0 Å². The van der Waals surface area contributed by atoms with Gasteiger partial charge in [0.25, 0.3) is 0 Å². The summed E-state index contributed by atoms with van der Waals surface area (Å²) < 4.78 is 32.6. The van der Waals surface area contributed by atoms with Crippen LogP contribution in [0.5, 0.6) is 0 Å². The fraction of sp³-hybridized carbons (Fsp3) is 0.538. The van der Waals surface area contributed by atoms with E-state index < -0.39 is 10.0 Å². The molecule has 0 amide bonds. The molecule has 6 heteroatoms. The van der Waals surface area contributed by atoms with Crippen LogP contribution in [0.4, 0.5) is 0 Å². The van der Waals surface area contributed by atoms with Crippen LogP contribution < -0.4 is 0 Å². The summed E-state index contributed by atoms with van der Waals surface area (Å²) in [6, 6.07) is 7.63. The standard InChI is InChI=1S/C13H18BrNO3S/c1-2-12-10-18-7-8-19(16,17)15(12)9-11-5-3-4-6-13(11)14/h3-6,12H,2,7-10H2,1H3. The summed E-state index contributed by atoms with van der Waals surface area (Å²) in [5.41, 5.74) is 0.978. The molecule has 4 nitrogen and oxygen atoms in total. The molecule has 0 saturated carbocycles. The number of halogens is 1. The molecule has 0 bridgehead atoms. The van der Waals surface area contributed by atoms with Crippen molar-refractivity contribution in [3.8, 4) is 0 Å². The van der Waals surface area contributed by atoms with Crippen LogP contribution in [0.1, 0.15) is 18.9 Å². The van der Waals surface area contributed by atoms with Crippen molar-refractivity contribution >= 4 is 26.0 Å². The summed E-state index contributed by atoms with van der Waals surface area (Å²) in [7, 11) is -3.25. The maximum atomic E-state index is 12.3. The first-order chi connectivity index (χ1) is 9.04. The highest BCUT2D eigenvalue weighted by molar-refractivity contribution is 9.10. The first-order valence-electron chi connectivity index (χ1n) is 6.35. The monoisotopic (exact) mass is 347 g/mol. The topological polar surface area (TPSA) is 46.6 Å². The Morgan fingerprint density at radius 2 is 2.16 bits per heavy atom. The number of ether oxygens (including phenoxy) is 1. The zero-order valence-electron chi connectivity index (χ0n) is 10.9. The van der Waals surface area contributed by atoms with E-state index in [2.05, 4.69) is 15.9 Å². The van der Waals surface area contributed by atoms with E-state index in [1.54, 1.807) is 4.31 Å². The quantitative estimate of drug-likeness (QED) is 0.843. The molecule has 1 aliphatic heterocycles. The zero-order chi connectivity index (χ0) is 13.9. The van der Waals surface area contributed by atoms with Crippen molar-refractivity contribution in [1.82, 2.24) is 4.31 Å². The highest BCUT2D eigenvalue weighted by atomic mass is 79.9. The molecule has 1 saturated heterocycles. The first-order valence-corrected chi connectivity index (χ1v) is 8.75. The highest BCUT2D eigenvalue weighted by Gasteiger charge is 2.32. The van der Waals surface area contributed by atoms with Gasteiger partial charge >= 0.3 is 0 Å². The molecule has 2 rings (SSSR count). The molecule has 1 aromatic carbocycles. The van der Waals surface area contributed by atoms with Crippen LogP contribution in [0, 0.1) is 0 Å². The number of hydrogen-bond acceptors (Lipinski definition) is 3. The number of benzene rings is 1. The van der Waals surface area contributed by atoms with Gasteiger partial charge in [-0.3, -0.25) is 0 Å². The third-order valence-electron chi connectivity index (χ3n) is 3.32. The summed E-state index contributed by atoms with van der Waals surface area (Å²) in [4.78, 5) is 0. The molecule has 1 atom stereocenters. The van der Waals surface area contributed by atoms with Crippen molar-refractivity contribution in [2.45, 2.75) is 25.9 Å². The van der Waals surface area contributed by atoms with Crippen LogP contribution >= 0.6 is 15.9 Å². The van der Waals surface area contributed by atoms with Crippen molar-refractivity contribution < 1.29 is 13.2 Å². The zero-order valence-corrected chi connectivity index (χ0v) is 13.3. The molecule has 0 aliphatic carbocycles. The fourth-order valence-electron chi connectivity index (χ4n) is 2.15. The number of sulfonamides is 1. The molecule has 0 aromatic heterocycles. The Morgan fingerprint density at radius 3 is 2.84 bits per heavy atom. The minimum atomic E-state index is -3.25. The van der Waals surface area contributed by atoms with E-state index in [1.807, 2.05) is 31.2 Å². The van der Waals surface area contributed by atoms with Crippen LogP contribution in [0.25, 0.3) is 0 Å². The minimum absolute atomic E-state index is 0.0634. The molecule has 0 spiro atoms. The average Bonchev–Trinajstić information content (AvgIpc) is 2.52. The van der Waals surface area contributed by atoms with Gasteiger partial charge in [-0.15, -0.1) is 0 Å². The molecular weight excluding hydrogens is 330 g/mol. The smallest absolute Gasteiger partial charge is 0.217 e. The van der Waals surface area contributed by atoms with Gasteiger partial charge in [-0.2, -0.15) is 4.31 Å². The maximum absolute atomic E-state index is 12.3. The van der Waals surface area contributed by atoms with Crippen molar-refractivity contribution in [1.29, 1.82) is 0 Å². The number of nitrogens with zero attached hydrogens (tertiary/aromatic N) is 1. The Bertz CT molecular complexity index is 532. The molecule has 1 unspecified atom stereocenters. The normalized spacial score (nSPS) is 24.0. The molecule has 0 N–H and O–H groups in total. The Labute approximate surface area is 122 Å². The van der Waals surface area contributed by atoms with Gasteiger partial charge in [0.05, 0.1) is 19.0 Å². The summed E-state index contributed by atoms with van der Waals surface area (Å²) in [6.07, 6.45) is 0.754. The molecule has 1 fully saturated rings. The molecule has 19 heavy (non-hydrogen) atoms. The Balaban J connectivity index is 2.30. The second kappa shape index (κ2) is 6.35. The van der Waals surface area contributed by atoms with Gasteiger partial charge in [0.1, 0.15) is 0 Å². The largest absolute Gasteiger partial charge is 0.379 e. The third kappa shape index (κ3) is 3.56. The predicted octanol–water partition coefficient (Wildman–Crippen LogP) is 2.39. The second-order valence-corrected chi connectivity index (χ2v) is 7.49. The van der Waals surface area contributed by atoms with Crippen LogP contribution in [0.3, 0.4) is 0 Å².